The average Bonchev–Trinajstić information content (AvgIpc) is 2.95. The van der Waals surface area contributed by atoms with Gasteiger partial charge in [-0.05, 0) is 54.5 Å². The van der Waals surface area contributed by atoms with Gasteiger partial charge in [0.15, 0.2) is 34.7 Å². The molecule has 0 spiro atoms. The molecule has 1 saturated carbocycles. The summed E-state index contributed by atoms with van der Waals surface area (Å²) in [4.78, 5) is 61.6. The monoisotopic (exact) mass is 660 g/mol. The molecule has 8 N–H and O–H groups in total. The first-order valence-corrected chi connectivity index (χ1v) is 13.8. The largest absolute Gasteiger partial charge is 0.504 e. The molecule has 0 radical (unpaired) electrons. The molecule has 0 bridgehead atoms. The van der Waals surface area contributed by atoms with Crippen molar-refractivity contribution in [3.8, 4) is 23.0 Å². The maximum atomic E-state index is 12.9. The molecule has 16 heteroatoms. The van der Waals surface area contributed by atoms with Gasteiger partial charge in [0.25, 0.3) is 0 Å². The predicted octanol–water partition coefficient (Wildman–Crippen LogP) is 1.20. The molecule has 16 nitrogen and oxygen atoms in total. The fourth-order valence-corrected chi connectivity index (χ4v) is 4.65. The summed E-state index contributed by atoms with van der Waals surface area (Å²) in [5.41, 5.74) is -4.32. The van der Waals surface area contributed by atoms with Crippen LogP contribution in [-0.4, -0.2) is 100 Å². The Bertz CT molecular complexity index is 1500. The normalized spacial score (nSPS) is 22.3. The fourth-order valence-electron chi connectivity index (χ4n) is 4.65. The van der Waals surface area contributed by atoms with E-state index in [4.69, 9.17) is 19.3 Å². The van der Waals surface area contributed by atoms with Crippen molar-refractivity contribution >= 4 is 42.0 Å². The molecule has 2 aromatic carbocycles. The summed E-state index contributed by atoms with van der Waals surface area (Å²) < 4.78 is 16.0. The van der Waals surface area contributed by atoms with E-state index in [2.05, 4.69) is 0 Å². The molecule has 3 rings (SSSR count). The van der Waals surface area contributed by atoms with Crippen LogP contribution < -0.4 is 0 Å². The van der Waals surface area contributed by atoms with Gasteiger partial charge < -0.3 is 55.1 Å². The van der Waals surface area contributed by atoms with Crippen LogP contribution >= 0.6 is 0 Å². The summed E-state index contributed by atoms with van der Waals surface area (Å²) in [7, 11) is 0. The quantitative estimate of drug-likeness (QED) is 0.0687. The van der Waals surface area contributed by atoms with Gasteiger partial charge in [0.2, 0.25) is 0 Å². The maximum absolute atomic E-state index is 12.9. The maximum Gasteiger partial charge on any atom is 0.335 e. The number of phenols is 4. The Morgan fingerprint density at radius 2 is 1.21 bits per heavy atom. The molecule has 1 aliphatic rings. The van der Waals surface area contributed by atoms with E-state index in [0.717, 1.165) is 55.5 Å². The molecule has 2 aromatic rings. The molecule has 47 heavy (non-hydrogen) atoms. The Labute approximate surface area is 266 Å². The number of ether oxygens (including phenoxy) is 3. The third-order valence-corrected chi connectivity index (χ3v) is 6.89. The van der Waals surface area contributed by atoms with Crippen molar-refractivity contribution in [2.24, 2.45) is 0 Å². The molecular weight excluding hydrogens is 628 g/mol. The van der Waals surface area contributed by atoms with Crippen molar-refractivity contribution in [1.29, 1.82) is 0 Å². The first kappa shape index (κ1) is 35.9. The highest BCUT2D eigenvalue weighted by molar-refractivity contribution is 5.88. The second-order valence-electron chi connectivity index (χ2n) is 11.1. The number of carbonyl (C=O) groups is 5. The molecule has 0 saturated heterocycles. The number of carboxylic acid groups (broad SMARTS) is 2. The number of rotatable bonds is 12. The molecule has 1 unspecified atom stereocenters. The molecule has 1 fully saturated rings. The highest BCUT2D eigenvalue weighted by Crippen LogP contribution is 2.36. The van der Waals surface area contributed by atoms with Crippen molar-refractivity contribution in [3.63, 3.8) is 0 Å². The summed E-state index contributed by atoms with van der Waals surface area (Å²) >= 11 is 0. The molecule has 1 aliphatic carbocycles. The van der Waals surface area contributed by atoms with Gasteiger partial charge >= 0.3 is 29.8 Å². The van der Waals surface area contributed by atoms with Gasteiger partial charge in [0.1, 0.15) is 12.2 Å². The van der Waals surface area contributed by atoms with Gasteiger partial charge in [0.05, 0.1) is 18.4 Å². The van der Waals surface area contributed by atoms with Gasteiger partial charge in [-0.25, -0.2) is 14.4 Å². The Hall–Kier alpha value is -5.61. The number of carbonyl (C=O) groups excluding carboxylic acids is 3. The summed E-state index contributed by atoms with van der Waals surface area (Å²) in [5.74, 6) is -8.63. The van der Waals surface area contributed by atoms with E-state index in [0.29, 0.717) is 0 Å². The Kier molecular flexibility index (Phi) is 11.2. The van der Waals surface area contributed by atoms with Crippen LogP contribution in [0, 0.1) is 0 Å². The number of aliphatic carboxylic acids is 2. The van der Waals surface area contributed by atoms with Crippen molar-refractivity contribution in [3.05, 3.63) is 59.7 Å². The topological polar surface area (TPSA) is 275 Å². The van der Waals surface area contributed by atoms with Crippen LogP contribution in [0.2, 0.25) is 0 Å². The number of benzene rings is 2. The van der Waals surface area contributed by atoms with E-state index < -0.39 is 108 Å². The number of phenolic OH excluding ortho intramolecular Hbond substituents is 4. The SMILES string of the molecule is CC(O)(CC(=O)O)CC(=O)OC1[C@H](OC(=O)/C=C/c2ccc(O)c(O)c2)CC(O)(C(=O)O)C[C@H]1OC(=O)/C=C/c1ccc(O)c(O)c1. The van der Waals surface area contributed by atoms with Crippen molar-refractivity contribution < 1.29 is 79.0 Å². The average molecular weight is 661 g/mol. The van der Waals surface area contributed by atoms with E-state index >= 15 is 0 Å². The number of hydrogen-bond acceptors (Lipinski definition) is 14. The molecular formula is C31H32O16. The summed E-state index contributed by atoms with van der Waals surface area (Å²) in [6, 6.07) is 7.16. The first-order chi connectivity index (χ1) is 21.9. The molecule has 252 valence electrons. The second-order valence-corrected chi connectivity index (χ2v) is 11.1. The third kappa shape index (κ3) is 10.2. The zero-order chi connectivity index (χ0) is 35.1. The van der Waals surface area contributed by atoms with Crippen LogP contribution in [0.25, 0.3) is 12.2 Å². The lowest BCUT2D eigenvalue weighted by Crippen LogP contribution is -2.59. The van der Waals surface area contributed by atoms with E-state index in [9.17, 15) is 59.7 Å². The summed E-state index contributed by atoms with van der Waals surface area (Å²) in [5, 5.41) is 78.3. The molecule has 3 atom stereocenters. The zero-order valence-corrected chi connectivity index (χ0v) is 24.7. The molecule has 0 amide bonds. The van der Waals surface area contributed by atoms with E-state index in [1.165, 1.54) is 12.1 Å². The van der Waals surface area contributed by atoms with Crippen LogP contribution in [-0.2, 0) is 38.2 Å². The lowest BCUT2D eigenvalue weighted by Gasteiger charge is -2.42. The minimum absolute atomic E-state index is 0.229. The van der Waals surface area contributed by atoms with Crippen LogP contribution in [0.1, 0.15) is 43.7 Å². The smallest absolute Gasteiger partial charge is 0.335 e. The van der Waals surface area contributed by atoms with E-state index in [1.807, 2.05) is 0 Å². The lowest BCUT2D eigenvalue weighted by atomic mass is 9.79. The van der Waals surface area contributed by atoms with Gasteiger partial charge in [-0.15, -0.1) is 0 Å². The Morgan fingerprint density at radius 3 is 1.60 bits per heavy atom. The second kappa shape index (κ2) is 14.7. The summed E-state index contributed by atoms with van der Waals surface area (Å²) in [6.07, 6.45) is -4.81. The van der Waals surface area contributed by atoms with Crippen LogP contribution in [0.15, 0.2) is 48.6 Å². The number of aliphatic hydroxyl groups is 2. The van der Waals surface area contributed by atoms with Gasteiger partial charge in [-0.1, -0.05) is 12.1 Å². The standard InChI is InChI=1S/C31H32O16/c1-30(43,14-24(36)37)15-27(40)47-28-22(45-25(38)8-4-16-2-6-18(32)20(34)10-16)12-31(44,29(41)42)13-23(28)46-26(39)9-5-17-3-7-19(33)21(35)11-17/h2-11,22-23,28,32-35,43-44H,12-15H2,1H3,(H,36,37)(H,41,42)/b8-4+,9-5+/t22-,23-,28?,30?,31?/m1/s1. The number of aromatic hydroxyl groups is 4. The van der Waals surface area contributed by atoms with Gasteiger partial charge in [0, 0.05) is 25.0 Å². The van der Waals surface area contributed by atoms with Gasteiger partial charge in [-0.2, -0.15) is 0 Å². The van der Waals surface area contributed by atoms with Crippen LogP contribution in [0.3, 0.4) is 0 Å². The minimum atomic E-state index is -2.67. The van der Waals surface area contributed by atoms with Crippen molar-refractivity contribution in [2.45, 2.75) is 62.1 Å². The van der Waals surface area contributed by atoms with E-state index in [-0.39, 0.29) is 11.1 Å². The predicted molar refractivity (Wildman–Crippen MR) is 157 cm³/mol. The van der Waals surface area contributed by atoms with Crippen molar-refractivity contribution in [2.75, 3.05) is 0 Å². The molecule has 0 aliphatic heterocycles. The van der Waals surface area contributed by atoms with Crippen LogP contribution in [0.4, 0.5) is 0 Å². The lowest BCUT2D eigenvalue weighted by molar-refractivity contribution is -0.214. The number of carboxylic acids is 2. The number of hydrogen-bond donors (Lipinski definition) is 8. The molecule has 0 aromatic heterocycles. The van der Waals surface area contributed by atoms with Crippen molar-refractivity contribution in [1.82, 2.24) is 0 Å². The highest BCUT2D eigenvalue weighted by Gasteiger charge is 2.54. The minimum Gasteiger partial charge on any atom is -0.504 e. The Morgan fingerprint density at radius 1 is 0.766 bits per heavy atom. The highest BCUT2D eigenvalue weighted by atomic mass is 16.6. The van der Waals surface area contributed by atoms with Crippen LogP contribution in [0.5, 0.6) is 23.0 Å². The third-order valence-electron chi connectivity index (χ3n) is 6.89. The number of esters is 3. The zero-order valence-electron chi connectivity index (χ0n) is 24.7. The Balaban J connectivity index is 1.92. The van der Waals surface area contributed by atoms with Gasteiger partial charge in [-0.3, -0.25) is 9.59 Å². The fraction of sp³-hybridized carbons (Fsp3) is 0.323. The van der Waals surface area contributed by atoms with E-state index in [1.54, 1.807) is 0 Å². The first-order valence-electron chi connectivity index (χ1n) is 13.8. The molecule has 0 heterocycles. The summed E-state index contributed by atoms with van der Waals surface area (Å²) in [6.45, 7) is 1.04.